The number of anilines is 1. The van der Waals surface area contributed by atoms with Crippen molar-refractivity contribution in [3.63, 3.8) is 0 Å². The molecule has 5 heteroatoms. The van der Waals surface area contributed by atoms with Crippen molar-refractivity contribution in [1.29, 1.82) is 0 Å². The molecule has 2 aliphatic rings. The molecular weight excluding hydrogens is 246 g/mol. The Hall–Kier alpha value is -0.810. The SMILES string of the molecule is CSc1ccc(NC2CCCC3OCCC23)nn1. The summed E-state index contributed by atoms with van der Waals surface area (Å²) in [5.74, 6) is 1.55. The molecule has 1 N–H and O–H groups in total. The summed E-state index contributed by atoms with van der Waals surface area (Å²) in [6.07, 6.45) is 7.35. The quantitative estimate of drug-likeness (QED) is 0.851. The third kappa shape index (κ3) is 2.47. The van der Waals surface area contributed by atoms with Gasteiger partial charge in [-0.1, -0.05) is 0 Å². The van der Waals surface area contributed by atoms with Gasteiger partial charge in [0.1, 0.15) is 10.8 Å². The van der Waals surface area contributed by atoms with Gasteiger partial charge < -0.3 is 10.1 Å². The fraction of sp³-hybridized carbons (Fsp3) is 0.692. The number of nitrogens with one attached hydrogen (secondary N) is 1. The summed E-state index contributed by atoms with van der Waals surface area (Å²) in [6, 6.07) is 4.55. The van der Waals surface area contributed by atoms with Crippen LogP contribution in [0.5, 0.6) is 0 Å². The van der Waals surface area contributed by atoms with E-state index in [1.54, 1.807) is 11.8 Å². The molecular formula is C13H19N3OS. The lowest BCUT2D eigenvalue weighted by atomic mass is 9.82. The van der Waals surface area contributed by atoms with E-state index < -0.39 is 0 Å². The second-order valence-electron chi connectivity index (χ2n) is 5.00. The van der Waals surface area contributed by atoms with Crippen LogP contribution in [0.1, 0.15) is 25.7 Å². The monoisotopic (exact) mass is 265 g/mol. The normalized spacial score (nSPS) is 31.1. The van der Waals surface area contributed by atoms with Crippen LogP contribution in [0.4, 0.5) is 5.82 Å². The van der Waals surface area contributed by atoms with Crippen LogP contribution in [0.15, 0.2) is 17.2 Å². The van der Waals surface area contributed by atoms with Crippen molar-refractivity contribution in [1.82, 2.24) is 10.2 Å². The first-order valence-corrected chi connectivity index (χ1v) is 7.85. The summed E-state index contributed by atoms with van der Waals surface area (Å²) >= 11 is 1.62. The number of ether oxygens (including phenoxy) is 1. The Labute approximate surface area is 112 Å². The molecule has 1 saturated heterocycles. The lowest BCUT2D eigenvalue weighted by Gasteiger charge is -2.33. The van der Waals surface area contributed by atoms with Crippen LogP contribution in [-0.4, -0.2) is 35.2 Å². The number of aromatic nitrogens is 2. The molecule has 0 radical (unpaired) electrons. The lowest BCUT2D eigenvalue weighted by Crippen LogP contribution is -2.38. The number of nitrogens with zero attached hydrogens (tertiary/aromatic N) is 2. The zero-order valence-electron chi connectivity index (χ0n) is 10.6. The lowest BCUT2D eigenvalue weighted by molar-refractivity contribution is 0.0619. The summed E-state index contributed by atoms with van der Waals surface area (Å²) in [6.45, 7) is 0.921. The molecule has 0 amide bonds. The van der Waals surface area contributed by atoms with Crippen molar-refractivity contribution < 1.29 is 4.74 Å². The highest BCUT2D eigenvalue weighted by Crippen LogP contribution is 2.35. The van der Waals surface area contributed by atoms with E-state index in [9.17, 15) is 0 Å². The van der Waals surface area contributed by atoms with Gasteiger partial charge in [-0.3, -0.25) is 0 Å². The molecule has 0 bridgehead atoms. The average molecular weight is 265 g/mol. The minimum Gasteiger partial charge on any atom is -0.378 e. The highest BCUT2D eigenvalue weighted by molar-refractivity contribution is 7.98. The predicted molar refractivity (Wildman–Crippen MR) is 72.9 cm³/mol. The van der Waals surface area contributed by atoms with E-state index in [0.717, 1.165) is 17.5 Å². The third-order valence-electron chi connectivity index (χ3n) is 3.96. The molecule has 3 rings (SSSR count). The Kier molecular flexibility index (Phi) is 3.70. The molecule has 0 aromatic carbocycles. The van der Waals surface area contributed by atoms with Gasteiger partial charge in [0.2, 0.25) is 0 Å². The predicted octanol–water partition coefficient (Wildman–Crippen LogP) is 2.57. The number of fused-ring (bicyclic) bond motifs is 1. The first-order chi connectivity index (χ1) is 8.86. The maximum atomic E-state index is 5.78. The number of rotatable bonds is 3. The molecule has 1 saturated carbocycles. The van der Waals surface area contributed by atoms with E-state index in [0.29, 0.717) is 18.1 Å². The zero-order chi connectivity index (χ0) is 12.4. The second-order valence-corrected chi connectivity index (χ2v) is 5.83. The molecule has 4 nitrogen and oxygen atoms in total. The molecule has 3 atom stereocenters. The topological polar surface area (TPSA) is 47.0 Å². The largest absolute Gasteiger partial charge is 0.378 e. The van der Waals surface area contributed by atoms with Gasteiger partial charge in [0.05, 0.1) is 6.10 Å². The van der Waals surface area contributed by atoms with Crippen LogP contribution >= 0.6 is 11.8 Å². The number of hydrogen-bond acceptors (Lipinski definition) is 5. The van der Waals surface area contributed by atoms with Gasteiger partial charge in [0, 0.05) is 18.6 Å². The molecule has 2 fully saturated rings. The Balaban J connectivity index is 1.67. The number of hydrogen-bond donors (Lipinski definition) is 1. The molecule has 3 unspecified atom stereocenters. The molecule has 2 heterocycles. The Morgan fingerprint density at radius 3 is 3.00 bits per heavy atom. The highest BCUT2D eigenvalue weighted by Gasteiger charge is 2.37. The Morgan fingerprint density at radius 2 is 2.22 bits per heavy atom. The fourth-order valence-corrected chi connectivity index (χ4v) is 3.38. The number of thioether (sulfide) groups is 1. The van der Waals surface area contributed by atoms with Crippen molar-refractivity contribution in [2.75, 3.05) is 18.2 Å². The van der Waals surface area contributed by atoms with Crippen LogP contribution in [0, 0.1) is 5.92 Å². The fourth-order valence-electron chi connectivity index (χ4n) is 3.05. The summed E-state index contributed by atoms with van der Waals surface area (Å²) < 4.78 is 5.78. The first-order valence-electron chi connectivity index (χ1n) is 6.62. The average Bonchev–Trinajstić information content (AvgIpc) is 2.89. The molecule has 98 valence electrons. The minimum absolute atomic E-state index is 0.467. The van der Waals surface area contributed by atoms with E-state index in [2.05, 4.69) is 15.5 Å². The molecule has 1 aliphatic heterocycles. The summed E-state index contributed by atoms with van der Waals surface area (Å²) in [5, 5.41) is 12.9. The highest BCUT2D eigenvalue weighted by atomic mass is 32.2. The first kappa shape index (κ1) is 12.2. The molecule has 1 aliphatic carbocycles. The Morgan fingerprint density at radius 1 is 1.28 bits per heavy atom. The van der Waals surface area contributed by atoms with Crippen molar-refractivity contribution in [3.8, 4) is 0 Å². The molecule has 1 aromatic heterocycles. The van der Waals surface area contributed by atoms with E-state index in [4.69, 9.17) is 4.74 Å². The summed E-state index contributed by atoms with van der Waals surface area (Å²) in [7, 11) is 0. The summed E-state index contributed by atoms with van der Waals surface area (Å²) in [4.78, 5) is 0. The zero-order valence-corrected chi connectivity index (χ0v) is 11.4. The third-order valence-corrected chi connectivity index (χ3v) is 4.60. The van der Waals surface area contributed by atoms with Gasteiger partial charge in [-0.2, -0.15) is 0 Å². The van der Waals surface area contributed by atoms with Crippen LogP contribution in [-0.2, 0) is 4.74 Å². The van der Waals surface area contributed by atoms with Crippen molar-refractivity contribution in [2.45, 2.75) is 42.9 Å². The maximum Gasteiger partial charge on any atom is 0.148 e. The maximum absolute atomic E-state index is 5.78. The van der Waals surface area contributed by atoms with Crippen LogP contribution in [0.3, 0.4) is 0 Å². The smallest absolute Gasteiger partial charge is 0.148 e. The van der Waals surface area contributed by atoms with Crippen molar-refractivity contribution in [2.24, 2.45) is 5.92 Å². The molecule has 18 heavy (non-hydrogen) atoms. The standard InChI is InChI=1S/C13H19N3OS/c1-18-13-6-5-12(15-16-13)14-10-3-2-4-11-9(10)7-8-17-11/h5-6,9-11H,2-4,7-8H2,1H3,(H,14,15). The van der Waals surface area contributed by atoms with Gasteiger partial charge in [0.25, 0.3) is 0 Å². The summed E-state index contributed by atoms with van der Waals surface area (Å²) in [5.41, 5.74) is 0. The second kappa shape index (κ2) is 5.45. The molecule has 1 aromatic rings. The van der Waals surface area contributed by atoms with Crippen molar-refractivity contribution >= 4 is 17.6 Å². The van der Waals surface area contributed by atoms with E-state index in [-0.39, 0.29) is 0 Å². The molecule has 0 spiro atoms. The van der Waals surface area contributed by atoms with E-state index in [1.807, 2.05) is 18.4 Å². The van der Waals surface area contributed by atoms with Crippen LogP contribution in [0.25, 0.3) is 0 Å². The van der Waals surface area contributed by atoms with Crippen LogP contribution < -0.4 is 5.32 Å². The van der Waals surface area contributed by atoms with Gasteiger partial charge in [-0.15, -0.1) is 22.0 Å². The van der Waals surface area contributed by atoms with E-state index >= 15 is 0 Å². The van der Waals surface area contributed by atoms with Gasteiger partial charge >= 0.3 is 0 Å². The minimum atomic E-state index is 0.467. The van der Waals surface area contributed by atoms with Crippen molar-refractivity contribution in [3.05, 3.63) is 12.1 Å². The Bertz CT molecular complexity index is 398. The van der Waals surface area contributed by atoms with Gasteiger partial charge in [-0.25, -0.2) is 0 Å². The van der Waals surface area contributed by atoms with Crippen LogP contribution in [0.2, 0.25) is 0 Å². The van der Waals surface area contributed by atoms with Gasteiger partial charge in [-0.05, 0) is 44.1 Å². The van der Waals surface area contributed by atoms with E-state index in [1.165, 1.54) is 25.7 Å². The van der Waals surface area contributed by atoms with Gasteiger partial charge in [0.15, 0.2) is 0 Å².